The highest BCUT2D eigenvalue weighted by atomic mass is 16.4. The third-order valence-corrected chi connectivity index (χ3v) is 2.10. The van der Waals surface area contributed by atoms with Crippen molar-refractivity contribution in [3.63, 3.8) is 0 Å². The molecule has 14 heavy (non-hydrogen) atoms. The number of allylic oxidation sites excluding steroid dienone is 1. The number of benzene rings is 1. The minimum atomic E-state index is -0.887. The summed E-state index contributed by atoms with van der Waals surface area (Å²) in [6.45, 7) is 3.96. The molecule has 0 heterocycles. The second kappa shape index (κ2) is 4.61. The van der Waals surface area contributed by atoms with Gasteiger partial charge in [0.25, 0.3) is 0 Å². The van der Waals surface area contributed by atoms with Crippen molar-refractivity contribution in [2.75, 3.05) is 0 Å². The molecule has 0 aliphatic rings. The maximum atomic E-state index is 10.5. The van der Waals surface area contributed by atoms with Crippen LogP contribution in [0.3, 0.4) is 0 Å². The third kappa shape index (κ3) is 2.73. The molecule has 1 aromatic rings. The molecule has 0 aromatic heterocycles. The lowest BCUT2D eigenvalue weighted by Crippen LogP contribution is -1.91. The highest BCUT2D eigenvalue weighted by molar-refractivity contribution is 5.89. The van der Waals surface area contributed by atoms with Gasteiger partial charge in [-0.15, -0.1) is 0 Å². The second-order valence-electron chi connectivity index (χ2n) is 3.23. The van der Waals surface area contributed by atoms with Crippen molar-refractivity contribution >= 4 is 11.5 Å². The van der Waals surface area contributed by atoms with Crippen LogP contribution in [0.2, 0.25) is 0 Å². The van der Waals surface area contributed by atoms with Gasteiger partial charge in [0.05, 0.1) is 0 Å². The van der Waals surface area contributed by atoms with Crippen LogP contribution in [0.25, 0.3) is 5.57 Å². The number of carboxylic acid groups (broad SMARTS) is 1. The smallest absolute Gasteiger partial charge is 0.328 e. The van der Waals surface area contributed by atoms with E-state index in [1.807, 2.05) is 38.1 Å². The van der Waals surface area contributed by atoms with Crippen molar-refractivity contribution in [1.82, 2.24) is 0 Å². The summed E-state index contributed by atoms with van der Waals surface area (Å²) in [5.41, 5.74) is 3.03. The van der Waals surface area contributed by atoms with Crippen LogP contribution >= 0.6 is 0 Å². The van der Waals surface area contributed by atoms with Gasteiger partial charge in [-0.3, -0.25) is 0 Å². The number of aryl methyl sites for hydroxylation is 1. The van der Waals surface area contributed by atoms with Crippen LogP contribution in [0.1, 0.15) is 24.5 Å². The molecule has 0 spiro atoms. The zero-order valence-corrected chi connectivity index (χ0v) is 8.45. The van der Waals surface area contributed by atoms with Crippen molar-refractivity contribution in [2.45, 2.75) is 20.3 Å². The van der Waals surface area contributed by atoms with E-state index in [0.717, 1.165) is 17.6 Å². The van der Waals surface area contributed by atoms with Gasteiger partial charge >= 0.3 is 5.97 Å². The Morgan fingerprint density at radius 3 is 2.36 bits per heavy atom. The molecule has 0 unspecified atom stereocenters. The third-order valence-electron chi connectivity index (χ3n) is 2.10. The first-order valence-corrected chi connectivity index (χ1v) is 4.64. The predicted molar refractivity (Wildman–Crippen MR) is 57.1 cm³/mol. The quantitative estimate of drug-likeness (QED) is 0.744. The largest absolute Gasteiger partial charge is 0.478 e. The number of hydrogen-bond donors (Lipinski definition) is 1. The Kier molecular flexibility index (Phi) is 3.46. The second-order valence-corrected chi connectivity index (χ2v) is 3.23. The Balaban J connectivity index is 3.01. The Hall–Kier alpha value is -1.57. The molecule has 1 aromatic carbocycles. The fourth-order valence-electron chi connectivity index (χ4n) is 1.31. The molecule has 0 radical (unpaired) electrons. The monoisotopic (exact) mass is 190 g/mol. The van der Waals surface area contributed by atoms with E-state index >= 15 is 0 Å². The van der Waals surface area contributed by atoms with E-state index in [4.69, 9.17) is 5.11 Å². The fraction of sp³-hybridized carbons (Fsp3) is 0.250. The van der Waals surface area contributed by atoms with E-state index in [0.29, 0.717) is 0 Å². The molecule has 74 valence electrons. The number of carboxylic acids is 1. The van der Waals surface area contributed by atoms with Crippen LogP contribution in [0, 0.1) is 6.92 Å². The molecule has 1 rings (SSSR count). The molecular weight excluding hydrogens is 176 g/mol. The lowest BCUT2D eigenvalue weighted by Gasteiger charge is -2.03. The minimum absolute atomic E-state index is 0.732. The molecule has 0 fully saturated rings. The summed E-state index contributed by atoms with van der Waals surface area (Å²) in [6, 6.07) is 7.88. The summed E-state index contributed by atoms with van der Waals surface area (Å²) in [4.78, 5) is 10.5. The standard InChI is InChI=1S/C12H14O2/c1-3-10(8-12(13)14)11-6-4-9(2)5-7-11/h4-8H,3H2,1-2H3,(H,13,14). The van der Waals surface area contributed by atoms with Crippen molar-refractivity contribution < 1.29 is 9.90 Å². The maximum Gasteiger partial charge on any atom is 0.328 e. The predicted octanol–water partition coefficient (Wildman–Crippen LogP) is 2.87. The highest BCUT2D eigenvalue weighted by Crippen LogP contribution is 2.18. The maximum absolute atomic E-state index is 10.5. The van der Waals surface area contributed by atoms with Gasteiger partial charge in [-0.05, 0) is 24.5 Å². The Bertz CT molecular complexity index is 347. The molecule has 2 heteroatoms. The number of aliphatic carboxylic acids is 1. The average Bonchev–Trinajstić information content (AvgIpc) is 2.15. The summed E-state index contributed by atoms with van der Waals surface area (Å²) in [7, 11) is 0. The molecule has 0 aliphatic carbocycles. The van der Waals surface area contributed by atoms with Gasteiger partial charge in [-0.25, -0.2) is 4.79 Å². The lowest BCUT2D eigenvalue weighted by molar-refractivity contribution is -0.131. The van der Waals surface area contributed by atoms with E-state index in [2.05, 4.69) is 0 Å². The topological polar surface area (TPSA) is 37.3 Å². The van der Waals surface area contributed by atoms with Gasteiger partial charge in [-0.1, -0.05) is 36.8 Å². The number of hydrogen-bond acceptors (Lipinski definition) is 1. The van der Waals surface area contributed by atoms with Gasteiger partial charge in [0.2, 0.25) is 0 Å². The number of rotatable bonds is 3. The van der Waals surface area contributed by atoms with E-state index in [-0.39, 0.29) is 0 Å². The number of carbonyl (C=O) groups is 1. The van der Waals surface area contributed by atoms with Gasteiger partial charge in [-0.2, -0.15) is 0 Å². The Morgan fingerprint density at radius 1 is 1.36 bits per heavy atom. The molecule has 2 nitrogen and oxygen atoms in total. The van der Waals surface area contributed by atoms with Gasteiger partial charge < -0.3 is 5.11 Å². The summed E-state index contributed by atoms with van der Waals surface area (Å²) in [6.07, 6.45) is 2.00. The van der Waals surface area contributed by atoms with Crippen LogP contribution in [-0.4, -0.2) is 11.1 Å². The first-order valence-electron chi connectivity index (χ1n) is 4.64. The summed E-state index contributed by atoms with van der Waals surface area (Å²) < 4.78 is 0. The molecule has 0 saturated carbocycles. The first kappa shape index (κ1) is 10.5. The van der Waals surface area contributed by atoms with Gasteiger partial charge in [0.15, 0.2) is 0 Å². The molecule has 1 N–H and O–H groups in total. The van der Waals surface area contributed by atoms with Crippen LogP contribution in [0.5, 0.6) is 0 Å². The zero-order chi connectivity index (χ0) is 10.6. The fourth-order valence-corrected chi connectivity index (χ4v) is 1.31. The van der Waals surface area contributed by atoms with E-state index in [9.17, 15) is 4.79 Å². The summed E-state index contributed by atoms with van der Waals surface area (Å²) >= 11 is 0. The highest BCUT2D eigenvalue weighted by Gasteiger charge is 2.00. The Labute approximate surface area is 83.9 Å². The molecular formula is C12H14O2. The van der Waals surface area contributed by atoms with E-state index in [1.165, 1.54) is 11.6 Å². The van der Waals surface area contributed by atoms with Gasteiger partial charge in [0.1, 0.15) is 0 Å². The van der Waals surface area contributed by atoms with Crippen molar-refractivity contribution in [1.29, 1.82) is 0 Å². The van der Waals surface area contributed by atoms with E-state index in [1.54, 1.807) is 0 Å². The molecule has 0 amide bonds. The van der Waals surface area contributed by atoms with Crippen LogP contribution in [0.4, 0.5) is 0 Å². The first-order chi connectivity index (χ1) is 6.63. The molecule has 0 saturated heterocycles. The van der Waals surface area contributed by atoms with Crippen LogP contribution in [0.15, 0.2) is 30.3 Å². The average molecular weight is 190 g/mol. The summed E-state index contributed by atoms with van der Waals surface area (Å²) in [5, 5.41) is 8.65. The lowest BCUT2D eigenvalue weighted by atomic mass is 10.0. The van der Waals surface area contributed by atoms with Crippen molar-refractivity contribution in [3.8, 4) is 0 Å². The van der Waals surface area contributed by atoms with Gasteiger partial charge in [0, 0.05) is 6.08 Å². The van der Waals surface area contributed by atoms with Crippen molar-refractivity contribution in [2.24, 2.45) is 0 Å². The normalized spacial score (nSPS) is 11.4. The zero-order valence-electron chi connectivity index (χ0n) is 8.45. The Morgan fingerprint density at radius 2 is 1.93 bits per heavy atom. The van der Waals surface area contributed by atoms with Crippen molar-refractivity contribution in [3.05, 3.63) is 41.5 Å². The van der Waals surface area contributed by atoms with Crippen LogP contribution in [-0.2, 0) is 4.79 Å². The molecule has 0 aliphatic heterocycles. The SMILES string of the molecule is CCC(=CC(=O)O)c1ccc(C)cc1. The molecule has 0 atom stereocenters. The van der Waals surface area contributed by atoms with E-state index < -0.39 is 5.97 Å². The molecule has 0 bridgehead atoms. The minimum Gasteiger partial charge on any atom is -0.478 e. The summed E-state index contributed by atoms with van der Waals surface area (Å²) in [5.74, 6) is -0.887. The van der Waals surface area contributed by atoms with Crippen LogP contribution < -0.4 is 0 Å².